The van der Waals surface area contributed by atoms with Crippen molar-refractivity contribution in [3.63, 3.8) is 0 Å². The Bertz CT molecular complexity index is 1290. The number of amides is 1. The van der Waals surface area contributed by atoms with Crippen molar-refractivity contribution in [2.45, 2.75) is 38.2 Å². The number of carbonyl (C=O) groups excluding carboxylic acids is 1. The molecule has 1 N–H and O–H groups in total. The van der Waals surface area contributed by atoms with Crippen LogP contribution in [0.1, 0.15) is 26.3 Å². The van der Waals surface area contributed by atoms with Gasteiger partial charge in [-0.05, 0) is 58.0 Å². The monoisotopic (exact) mass is 482 g/mol. The van der Waals surface area contributed by atoms with Crippen LogP contribution in [0.5, 0.6) is 0 Å². The molecule has 9 heteroatoms. The molecule has 0 saturated carbocycles. The van der Waals surface area contributed by atoms with Crippen LogP contribution >= 0.6 is 0 Å². The molecule has 1 fully saturated rings. The molecule has 0 unspecified atom stereocenters. The molecule has 34 heavy (non-hydrogen) atoms. The number of rotatable bonds is 4. The van der Waals surface area contributed by atoms with Crippen molar-refractivity contribution < 1.29 is 17.9 Å². The highest BCUT2D eigenvalue weighted by Gasteiger charge is 2.27. The van der Waals surface area contributed by atoms with Crippen LogP contribution in [0.4, 0.5) is 16.2 Å². The van der Waals surface area contributed by atoms with Gasteiger partial charge in [-0.1, -0.05) is 17.7 Å². The topological polar surface area (TPSA) is 91.8 Å². The van der Waals surface area contributed by atoms with E-state index in [0.717, 1.165) is 16.6 Å². The van der Waals surface area contributed by atoms with Crippen molar-refractivity contribution in [3.8, 4) is 0 Å². The Balaban J connectivity index is 1.56. The van der Waals surface area contributed by atoms with Gasteiger partial charge in [0, 0.05) is 55.0 Å². The standard InChI is InChI=1S/C25H30N4O4S/c1-18-5-7-19(8-6-18)34(31,32)27-22-9-10-23(20-11-12-26-17-21(20)22)28-13-15-29(16-14-28)24(30)33-25(2,3)4/h5-12,17,27H,13-16H2,1-4H3. The highest BCUT2D eigenvalue weighted by Crippen LogP contribution is 2.33. The third-order valence-electron chi connectivity index (χ3n) is 5.64. The minimum absolute atomic E-state index is 0.206. The van der Waals surface area contributed by atoms with Gasteiger partial charge in [-0.25, -0.2) is 13.2 Å². The first-order chi connectivity index (χ1) is 16.0. The van der Waals surface area contributed by atoms with E-state index in [1.165, 1.54) is 0 Å². The smallest absolute Gasteiger partial charge is 0.410 e. The van der Waals surface area contributed by atoms with Crippen molar-refractivity contribution in [2.75, 3.05) is 35.8 Å². The Hall–Kier alpha value is -3.33. The van der Waals surface area contributed by atoms with Crippen LogP contribution in [0.25, 0.3) is 10.8 Å². The third-order valence-corrected chi connectivity index (χ3v) is 7.02. The number of pyridine rings is 1. The lowest BCUT2D eigenvalue weighted by Gasteiger charge is -2.37. The molecule has 8 nitrogen and oxygen atoms in total. The van der Waals surface area contributed by atoms with Crippen LogP contribution in [-0.2, 0) is 14.8 Å². The number of carbonyl (C=O) groups is 1. The molecule has 1 aliphatic heterocycles. The second-order valence-corrected chi connectivity index (χ2v) is 11.1. The molecule has 2 heterocycles. The predicted molar refractivity (Wildman–Crippen MR) is 134 cm³/mol. The largest absolute Gasteiger partial charge is 0.444 e. The van der Waals surface area contributed by atoms with Gasteiger partial charge in [-0.3, -0.25) is 9.71 Å². The van der Waals surface area contributed by atoms with Gasteiger partial charge in [0.25, 0.3) is 10.0 Å². The molecule has 0 radical (unpaired) electrons. The number of fused-ring (bicyclic) bond motifs is 1. The molecule has 4 rings (SSSR count). The van der Waals surface area contributed by atoms with E-state index in [9.17, 15) is 13.2 Å². The van der Waals surface area contributed by atoms with Crippen LogP contribution in [-0.4, -0.2) is 56.2 Å². The number of ether oxygens (including phenoxy) is 1. The first-order valence-electron chi connectivity index (χ1n) is 11.2. The first-order valence-corrected chi connectivity index (χ1v) is 12.7. The zero-order valence-corrected chi connectivity index (χ0v) is 20.7. The first kappa shape index (κ1) is 23.8. The molecule has 0 aliphatic carbocycles. The summed E-state index contributed by atoms with van der Waals surface area (Å²) in [7, 11) is -3.74. The molecule has 180 valence electrons. The number of benzene rings is 2. The van der Waals surface area contributed by atoms with E-state index in [4.69, 9.17) is 4.74 Å². The van der Waals surface area contributed by atoms with E-state index in [0.29, 0.717) is 37.3 Å². The molecule has 1 saturated heterocycles. The van der Waals surface area contributed by atoms with Gasteiger partial charge in [0.1, 0.15) is 5.60 Å². The normalized spacial score (nSPS) is 14.8. The summed E-state index contributed by atoms with van der Waals surface area (Å²) in [6.07, 6.45) is 3.06. The van der Waals surface area contributed by atoms with E-state index in [1.54, 1.807) is 47.6 Å². The lowest BCUT2D eigenvalue weighted by Crippen LogP contribution is -2.50. The average molecular weight is 483 g/mol. The molecular formula is C25H30N4O4S. The number of aromatic nitrogens is 1. The molecule has 1 aliphatic rings. The second-order valence-electron chi connectivity index (χ2n) is 9.43. The summed E-state index contributed by atoms with van der Waals surface area (Å²) < 4.78 is 34.1. The van der Waals surface area contributed by atoms with E-state index in [-0.39, 0.29) is 11.0 Å². The van der Waals surface area contributed by atoms with Crippen LogP contribution in [0, 0.1) is 6.92 Å². The Morgan fingerprint density at radius 3 is 2.29 bits per heavy atom. The number of hydrogen-bond donors (Lipinski definition) is 1. The van der Waals surface area contributed by atoms with Gasteiger partial charge >= 0.3 is 6.09 Å². The van der Waals surface area contributed by atoms with Gasteiger partial charge in [0.05, 0.1) is 10.6 Å². The summed E-state index contributed by atoms with van der Waals surface area (Å²) in [6.45, 7) is 9.86. The summed E-state index contributed by atoms with van der Waals surface area (Å²) in [6, 6.07) is 12.3. The molecule has 1 amide bonds. The van der Waals surface area contributed by atoms with E-state index in [1.807, 2.05) is 39.8 Å². The van der Waals surface area contributed by atoms with Gasteiger partial charge in [0.15, 0.2) is 0 Å². The Morgan fingerprint density at radius 2 is 1.65 bits per heavy atom. The number of nitrogens with one attached hydrogen (secondary N) is 1. The van der Waals surface area contributed by atoms with Crippen LogP contribution < -0.4 is 9.62 Å². The minimum Gasteiger partial charge on any atom is -0.444 e. The number of aryl methyl sites for hydroxylation is 1. The summed E-state index contributed by atoms with van der Waals surface area (Å²) in [4.78, 5) is 20.7. The van der Waals surface area contributed by atoms with Crippen molar-refractivity contribution in [3.05, 3.63) is 60.4 Å². The third kappa shape index (κ3) is 5.25. The van der Waals surface area contributed by atoms with Crippen molar-refractivity contribution in [1.82, 2.24) is 9.88 Å². The maximum Gasteiger partial charge on any atom is 0.410 e. The minimum atomic E-state index is -3.74. The van der Waals surface area contributed by atoms with Crippen LogP contribution in [0.3, 0.4) is 0 Å². The van der Waals surface area contributed by atoms with Gasteiger partial charge < -0.3 is 14.5 Å². The quantitative estimate of drug-likeness (QED) is 0.593. The van der Waals surface area contributed by atoms with Crippen LogP contribution in [0.15, 0.2) is 59.8 Å². The van der Waals surface area contributed by atoms with Crippen molar-refractivity contribution in [1.29, 1.82) is 0 Å². The fourth-order valence-electron chi connectivity index (χ4n) is 3.92. The molecule has 0 spiro atoms. The fourth-order valence-corrected chi connectivity index (χ4v) is 5.00. The maximum atomic E-state index is 13.0. The highest BCUT2D eigenvalue weighted by atomic mass is 32.2. The van der Waals surface area contributed by atoms with Gasteiger partial charge in [-0.15, -0.1) is 0 Å². The number of nitrogens with zero attached hydrogens (tertiary/aromatic N) is 3. The molecule has 0 atom stereocenters. The summed E-state index contributed by atoms with van der Waals surface area (Å²) in [5.41, 5.74) is 1.91. The molecule has 3 aromatic rings. The fraction of sp³-hybridized carbons (Fsp3) is 0.360. The highest BCUT2D eigenvalue weighted by molar-refractivity contribution is 7.92. The zero-order valence-electron chi connectivity index (χ0n) is 19.9. The molecule has 2 aromatic carbocycles. The predicted octanol–water partition coefficient (Wildman–Crippen LogP) is 4.40. The summed E-state index contributed by atoms with van der Waals surface area (Å²) in [5, 5.41) is 1.61. The van der Waals surface area contributed by atoms with Crippen molar-refractivity contribution >= 4 is 38.3 Å². The van der Waals surface area contributed by atoms with Gasteiger partial charge in [-0.2, -0.15) is 0 Å². The zero-order chi connectivity index (χ0) is 24.5. The summed E-state index contributed by atoms with van der Waals surface area (Å²) in [5.74, 6) is 0. The van der Waals surface area contributed by atoms with Gasteiger partial charge in [0.2, 0.25) is 0 Å². The van der Waals surface area contributed by atoms with E-state index >= 15 is 0 Å². The van der Waals surface area contributed by atoms with Crippen LogP contribution in [0.2, 0.25) is 0 Å². The molecule has 0 bridgehead atoms. The molecule has 1 aromatic heterocycles. The van der Waals surface area contributed by atoms with E-state index in [2.05, 4.69) is 14.6 Å². The maximum absolute atomic E-state index is 13.0. The number of hydrogen-bond acceptors (Lipinski definition) is 6. The average Bonchev–Trinajstić information content (AvgIpc) is 2.78. The lowest BCUT2D eigenvalue weighted by atomic mass is 10.1. The lowest BCUT2D eigenvalue weighted by molar-refractivity contribution is 0.0240. The molecular weight excluding hydrogens is 452 g/mol. The Labute approximate surface area is 200 Å². The Kier molecular flexibility index (Phi) is 6.40. The summed E-state index contributed by atoms with van der Waals surface area (Å²) >= 11 is 0. The second kappa shape index (κ2) is 9.13. The van der Waals surface area contributed by atoms with Crippen molar-refractivity contribution in [2.24, 2.45) is 0 Å². The number of anilines is 2. The van der Waals surface area contributed by atoms with E-state index < -0.39 is 15.6 Å². The number of sulfonamides is 1. The number of piperazine rings is 1. The SMILES string of the molecule is Cc1ccc(S(=O)(=O)Nc2ccc(N3CCN(C(=O)OC(C)(C)C)CC3)c3ccncc23)cc1. The Morgan fingerprint density at radius 1 is 0.971 bits per heavy atom.